The number of hydrogen-bond acceptors (Lipinski definition) is 4. The van der Waals surface area contributed by atoms with E-state index in [2.05, 4.69) is 10.2 Å². The Bertz CT molecular complexity index is 581. The molecule has 1 aromatic heterocycles. The molecule has 1 aromatic carbocycles. The highest BCUT2D eigenvalue weighted by molar-refractivity contribution is 7.12. The number of rotatable bonds is 5. The minimum atomic E-state index is -4.67. The summed E-state index contributed by atoms with van der Waals surface area (Å²) in [4.78, 5) is 2.27. The maximum Gasteiger partial charge on any atom is 0.573 e. The lowest BCUT2D eigenvalue weighted by Crippen LogP contribution is -2.28. The van der Waals surface area contributed by atoms with Gasteiger partial charge in [0.1, 0.15) is 5.75 Å². The molecule has 21 heavy (non-hydrogen) atoms. The van der Waals surface area contributed by atoms with Crippen molar-refractivity contribution in [1.82, 2.24) is 5.43 Å². The third-order valence-electron chi connectivity index (χ3n) is 2.90. The van der Waals surface area contributed by atoms with Crippen LogP contribution in [0.3, 0.4) is 0 Å². The van der Waals surface area contributed by atoms with Gasteiger partial charge in [0.25, 0.3) is 0 Å². The van der Waals surface area contributed by atoms with Gasteiger partial charge >= 0.3 is 6.36 Å². The van der Waals surface area contributed by atoms with Crippen LogP contribution in [0.2, 0.25) is 0 Å². The van der Waals surface area contributed by atoms with Gasteiger partial charge in [-0.2, -0.15) is 0 Å². The van der Waals surface area contributed by atoms with Crippen molar-refractivity contribution in [3.8, 4) is 5.75 Å². The van der Waals surface area contributed by atoms with E-state index in [9.17, 15) is 13.2 Å². The molecule has 0 radical (unpaired) electrons. The van der Waals surface area contributed by atoms with E-state index in [1.54, 1.807) is 23.5 Å². The first-order valence-electron chi connectivity index (χ1n) is 6.24. The van der Waals surface area contributed by atoms with Gasteiger partial charge in [-0.05, 0) is 43.2 Å². The maximum absolute atomic E-state index is 12.1. The number of thiophene rings is 1. The Balaban J connectivity index is 2.05. The van der Waals surface area contributed by atoms with E-state index >= 15 is 0 Å². The standard InChI is InChI=1S/C14H15F3N2OS/c1-9-2-7-13(21-9)12(19-18)8-10-3-5-11(6-4-10)20-14(15,16)17/h2-7,12,19H,8,18H2,1H3. The highest BCUT2D eigenvalue weighted by Gasteiger charge is 2.30. The summed E-state index contributed by atoms with van der Waals surface area (Å²) < 4.78 is 40.1. The molecule has 3 N–H and O–H groups in total. The second kappa shape index (κ2) is 6.46. The molecule has 1 unspecified atom stereocenters. The van der Waals surface area contributed by atoms with Crippen molar-refractivity contribution in [1.29, 1.82) is 0 Å². The summed E-state index contributed by atoms with van der Waals surface area (Å²) >= 11 is 1.63. The average molecular weight is 316 g/mol. The second-order valence-electron chi connectivity index (χ2n) is 4.56. The topological polar surface area (TPSA) is 47.3 Å². The van der Waals surface area contributed by atoms with Crippen LogP contribution in [0, 0.1) is 6.92 Å². The Morgan fingerprint density at radius 1 is 1.19 bits per heavy atom. The number of ether oxygens (including phenoxy) is 1. The zero-order valence-electron chi connectivity index (χ0n) is 11.3. The molecule has 0 bridgehead atoms. The zero-order valence-corrected chi connectivity index (χ0v) is 12.1. The molecule has 0 spiro atoms. The van der Waals surface area contributed by atoms with Crippen molar-refractivity contribution in [2.45, 2.75) is 25.7 Å². The smallest absolute Gasteiger partial charge is 0.406 e. The third kappa shape index (κ3) is 4.73. The largest absolute Gasteiger partial charge is 0.573 e. The van der Waals surface area contributed by atoms with Crippen LogP contribution in [0.4, 0.5) is 13.2 Å². The predicted molar refractivity (Wildman–Crippen MR) is 75.9 cm³/mol. The highest BCUT2D eigenvalue weighted by Crippen LogP contribution is 2.27. The van der Waals surface area contributed by atoms with Crippen molar-refractivity contribution in [3.63, 3.8) is 0 Å². The lowest BCUT2D eigenvalue weighted by molar-refractivity contribution is -0.274. The number of alkyl halides is 3. The molecule has 1 atom stereocenters. The van der Waals surface area contributed by atoms with Crippen LogP contribution < -0.4 is 16.0 Å². The maximum atomic E-state index is 12.1. The molecule has 1 heterocycles. The summed E-state index contributed by atoms with van der Waals surface area (Å²) in [6.07, 6.45) is -4.08. The molecular weight excluding hydrogens is 301 g/mol. The first-order chi connectivity index (χ1) is 9.87. The molecule has 0 aliphatic rings. The van der Waals surface area contributed by atoms with Gasteiger partial charge in [-0.3, -0.25) is 11.3 Å². The van der Waals surface area contributed by atoms with E-state index in [1.807, 2.05) is 19.1 Å². The zero-order chi connectivity index (χ0) is 15.5. The van der Waals surface area contributed by atoms with Crippen LogP contribution in [-0.2, 0) is 6.42 Å². The first kappa shape index (κ1) is 15.8. The monoisotopic (exact) mass is 316 g/mol. The quantitative estimate of drug-likeness (QED) is 0.653. The predicted octanol–water partition coefficient (Wildman–Crippen LogP) is 3.70. The summed E-state index contributed by atoms with van der Waals surface area (Å²) in [5, 5.41) is 0. The Morgan fingerprint density at radius 3 is 2.33 bits per heavy atom. The van der Waals surface area contributed by atoms with E-state index in [1.165, 1.54) is 17.0 Å². The molecule has 2 aromatic rings. The van der Waals surface area contributed by atoms with Crippen LogP contribution in [0.25, 0.3) is 0 Å². The van der Waals surface area contributed by atoms with Crippen LogP contribution in [-0.4, -0.2) is 6.36 Å². The molecule has 0 aliphatic heterocycles. The lowest BCUT2D eigenvalue weighted by Gasteiger charge is -2.15. The van der Waals surface area contributed by atoms with Crippen LogP contribution in [0.1, 0.15) is 21.4 Å². The minimum Gasteiger partial charge on any atom is -0.406 e. The van der Waals surface area contributed by atoms with E-state index in [0.29, 0.717) is 6.42 Å². The molecule has 3 nitrogen and oxygen atoms in total. The van der Waals surface area contributed by atoms with E-state index in [0.717, 1.165) is 10.4 Å². The molecule has 0 aliphatic carbocycles. The molecule has 2 rings (SSSR count). The van der Waals surface area contributed by atoms with Gasteiger partial charge in [-0.1, -0.05) is 12.1 Å². The van der Waals surface area contributed by atoms with Crippen LogP contribution >= 0.6 is 11.3 Å². The van der Waals surface area contributed by atoms with Gasteiger partial charge in [0.2, 0.25) is 0 Å². The fourth-order valence-electron chi connectivity index (χ4n) is 1.95. The molecule has 0 saturated heterocycles. The summed E-state index contributed by atoms with van der Waals surface area (Å²) in [6, 6.07) is 9.73. The molecule has 0 amide bonds. The summed E-state index contributed by atoms with van der Waals surface area (Å²) in [5.41, 5.74) is 3.61. The SMILES string of the molecule is Cc1ccc(C(Cc2ccc(OC(F)(F)F)cc2)NN)s1. The lowest BCUT2D eigenvalue weighted by atomic mass is 10.1. The van der Waals surface area contributed by atoms with Crippen molar-refractivity contribution in [2.75, 3.05) is 0 Å². The molecule has 7 heteroatoms. The van der Waals surface area contributed by atoms with Crippen LogP contribution in [0.5, 0.6) is 5.75 Å². The number of hydrogen-bond donors (Lipinski definition) is 2. The van der Waals surface area contributed by atoms with E-state index in [-0.39, 0.29) is 11.8 Å². The molecule has 0 fully saturated rings. The highest BCUT2D eigenvalue weighted by atomic mass is 32.1. The Hall–Kier alpha value is -1.57. The third-order valence-corrected chi connectivity index (χ3v) is 4.02. The number of nitrogens with two attached hydrogens (primary N) is 1. The fourth-order valence-corrected chi connectivity index (χ4v) is 2.88. The van der Waals surface area contributed by atoms with E-state index in [4.69, 9.17) is 5.84 Å². The fraction of sp³-hybridized carbons (Fsp3) is 0.286. The van der Waals surface area contributed by atoms with Crippen molar-refractivity contribution in [2.24, 2.45) is 5.84 Å². The molecule has 114 valence electrons. The second-order valence-corrected chi connectivity index (χ2v) is 5.88. The molecule has 0 saturated carbocycles. The first-order valence-corrected chi connectivity index (χ1v) is 7.06. The van der Waals surface area contributed by atoms with Gasteiger partial charge in [0, 0.05) is 9.75 Å². The van der Waals surface area contributed by atoms with E-state index < -0.39 is 6.36 Å². The number of hydrazine groups is 1. The van der Waals surface area contributed by atoms with Gasteiger partial charge < -0.3 is 4.74 Å². The van der Waals surface area contributed by atoms with Crippen LogP contribution in [0.15, 0.2) is 36.4 Å². The van der Waals surface area contributed by atoms with Gasteiger partial charge in [-0.15, -0.1) is 24.5 Å². The van der Waals surface area contributed by atoms with Crippen molar-refractivity contribution < 1.29 is 17.9 Å². The van der Waals surface area contributed by atoms with Crippen molar-refractivity contribution >= 4 is 11.3 Å². The Kier molecular flexibility index (Phi) is 4.87. The number of aryl methyl sites for hydroxylation is 1. The Morgan fingerprint density at radius 2 is 1.86 bits per heavy atom. The van der Waals surface area contributed by atoms with Gasteiger partial charge in [0.05, 0.1) is 6.04 Å². The summed E-state index contributed by atoms with van der Waals surface area (Å²) in [5.74, 6) is 5.33. The number of benzene rings is 1. The van der Waals surface area contributed by atoms with Gasteiger partial charge in [0.15, 0.2) is 0 Å². The normalized spacial score (nSPS) is 13.2. The molecular formula is C14H15F3N2OS. The number of nitrogens with one attached hydrogen (secondary N) is 1. The minimum absolute atomic E-state index is 0.0712. The summed E-state index contributed by atoms with van der Waals surface area (Å²) in [6.45, 7) is 2.00. The van der Waals surface area contributed by atoms with Crippen molar-refractivity contribution in [3.05, 3.63) is 51.7 Å². The Labute approximate surface area is 124 Å². The van der Waals surface area contributed by atoms with Gasteiger partial charge in [-0.25, -0.2) is 0 Å². The average Bonchev–Trinajstić information content (AvgIpc) is 2.82. The summed E-state index contributed by atoms with van der Waals surface area (Å²) in [7, 11) is 0. The number of halogens is 3.